The van der Waals surface area contributed by atoms with Gasteiger partial charge in [0.05, 0.1) is 13.4 Å². The molecular weight excluding hydrogens is 250 g/mol. The molecule has 2 rings (SSSR count). The van der Waals surface area contributed by atoms with Gasteiger partial charge in [0.2, 0.25) is 5.75 Å². The maximum Gasteiger partial charge on any atom is 0.295 e. The first-order valence-corrected chi connectivity index (χ1v) is 7.34. The molecular formula is C12H19N3O2S. The quantitative estimate of drug-likeness (QED) is 0.854. The number of aromatic amines is 1. The number of ether oxygens (including phenoxy) is 1. The van der Waals surface area contributed by atoms with Crippen molar-refractivity contribution in [3.8, 4) is 5.75 Å². The third kappa shape index (κ3) is 2.63. The summed E-state index contributed by atoms with van der Waals surface area (Å²) < 4.78 is 5.36. The Morgan fingerprint density at radius 2 is 2.28 bits per heavy atom. The predicted molar refractivity (Wildman–Crippen MR) is 74.6 cm³/mol. The molecule has 18 heavy (non-hydrogen) atoms. The summed E-state index contributed by atoms with van der Waals surface area (Å²) in [5.41, 5.74) is -0.250. The molecule has 1 aliphatic rings. The molecule has 1 heterocycles. The van der Waals surface area contributed by atoms with Crippen molar-refractivity contribution >= 4 is 17.6 Å². The summed E-state index contributed by atoms with van der Waals surface area (Å²) >= 11 is 1.90. The van der Waals surface area contributed by atoms with Crippen molar-refractivity contribution < 1.29 is 4.74 Å². The van der Waals surface area contributed by atoms with Crippen LogP contribution in [-0.4, -0.2) is 34.6 Å². The zero-order chi connectivity index (χ0) is 13.0. The van der Waals surface area contributed by atoms with Crippen molar-refractivity contribution in [2.75, 3.05) is 25.2 Å². The first-order chi connectivity index (χ1) is 8.71. The highest BCUT2D eigenvalue weighted by molar-refractivity contribution is 8.00. The van der Waals surface area contributed by atoms with Gasteiger partial charge in [-0.3, -0.25) is 4.79 Å². The minimum atomic E-state index is -0.250. The van der Waals surface area contributed by atoms with E-state index in [-0.39, 0.29) is 16.1 Å². The maximum absolute atomic E-state index is 11.6. The molecule has 0 aromatic carbocycles. The number of aromatic nitrogens is 2. The van der Waals surface area contributed by atoms with Gasteiger partial charge in [0.1, 0.15) is 0 Å². The largest absolute Gasteiger partial charge is 0.489 e. The van der Waals surface area contributed by atoms with Gasteiger partial charge in [-0.2, -0.15) is 11.8 Å². The lowest BCUT2D eigenvalue weighted by Gasteiger charge is -2.27. The van der Waals surface area contributed by atoms with Gasteiger partial charge >= 0.3 is 0 Å². The van der Waals surface area contributed by atoms with Gasteiger partial charge in [-0.1, -0.05) is 12.8 Å². The minimum Gasteiger partial charge on any atom is -0.489 e. The van der Waals surface area contributed by atoms with Crippen molar-refractivity contribution in [1.29, 1.82) is 0 Å². The number of rotatable bonds is 5. The fraction of sp³-hybridized carbons (Fsp3) is 0.667. The summed E-state index contributed by atoms with van der Waals surface area (Å²) in [7, 11) is 1.48. The molecule has 6 heteroatoms. The normalized spacial score (nSPS) is 17.7. The van der Waals surface area contributed by atoms with E-state index >= 15 is 0 Å². The number of thioether (sulfide) groups is 1. The Morgan fingerprint density at radius 3 is 2.89 bits per heavy atom. The molecule has 0 saturated heterocycles. The first kappa shape index (κ1) is 13.3. The van der Waals surface area contributed by atoms with Crippen molar-refractivity contribution in [3.63, 3.8) is 0 Å². The zero-order valence-electron chi connectivity index (χ0n) is 10.8. The second-order valence-electron chi connectivity index (χ2n) is 4.56. The van der Waals surface area contributed by atoms with Crippen LogP contribution in [-0.2, 0) is 0 Å². The Hall–Kier alpha value is -1.17. The van der Waals surface area contributed by atoms with Crippen molar-refractivity contribution in [2.24, 2.45) is 0 Å². The van der Waals surface area contributed by atoms with Crippen LogP contribution in [0.15, 0.2) is 11.1 Å². The maximum atomic E-state index is 11.6. The van der Waals surface area contributed by atoms with Crippen LogP contribution in [0.5, 0.6) is 5.75 Å². The van der Waals surface area contributed by atoms with E-state index in [0.29, 0.717) is 5.82 Å². The van der Waals surface area contributed by atoms with Crippen molar-refractivity contribution in [3.05, 3.63) is 16.7 Å². The third-order valence-electron chi connectivity index (χ3n) is 3.54. The molecule has 0 atom stereocenters. The van der Waals surface area contributed by atoms with Crippen LogP contribution in [0.2, 0.25) is 0 Å². The van der Waals surface area contributed by atoms with Gasteiger partial charge in [-0.25, -0.2) is 4.98 Å². The summed E-state index contributed by atoms with van der Waals surface area (Å²) in [4.78, 5) is 18.2. The monoisotopic (exact) mass is 269 g/mol. The molecule has 1 saturated carbocycles. The van der Waals surface area contributed by atoms with Crippen molar-refractivity contribution in [1.82, 2.24) is 9.97 Å². The van der Waals surface area contributed by atoms with Gasteiger partial charge in [0, 0.05) is 11.3 Å². The lowest BCUT2D eigenvalue weighted by Crippen LogP contribution is -2.31. The van der Waals surface area contributed by atoms with E-state index in [1.165, 1.54) is 39.1 Å². The average molecular weight is 269 g/mol. The minimum absolute atomic E-state index is 0.250. The molecule has 0 aliphatic heterocycles. The summed E-state index contributed by atoms with van der Waals surface area (Å²) in [6.45, 7) is 0.820. The van der Waals surface area contributed by atoms with Gasteiger partial charge in [0.15, 0.2) is 5.82 Å². The number of nitrogens with one attached hydrogen (secondary N) is 2. The predicted octanol–water partition coefficient (Wildman–Crippen LogP) is 1.87. The van der Waals surface area contributed by atoms with Crippen LogP contribution < -0.4 is 15.6 Å². The molecule has 0 amide bonds. The Labute approximate surface area is 111 Å². The zero-order valence-corrected chi connectivity index (χ0v) is 11.6. The number of nitrogens with zero attached hydrogens (tertiary/aromatic N) is 1. The lowest BCUT2D eigenvalue weighted by molar-refractivity contribution is 0.407. The fourth-order valence-corrected chi connectivity index (χ4v) is 3.33. The van der Waals surface area contributed by atoms with E-state index < -0.39 is 0 Å². The van der Waals surface area contributed by atoms with E-state index in [2.05, 4.69) is 21.5 Å². The Kier molecular flexibility index (Phi) is 4.16. The summed E-state index contributed by atoms with van der Waals surface area (Å²) in [6, 6.07) is 0. The molecule has 0 bridgehead atoms. The second kappa shape index (κ2) is 5.65. The van der Waals surface area contributed by atoms with E-state index in [0.717, 1.165) is 6.54 Å². The number of hydrogen-bond donors (Lipinski definition) is 2. The van der Waals surface area contributed by atoms with E-state index in [9.17, 15) is 4.79 Å². The van der Waals surface area contributed by atoms with Gasteiger partial charge in [-0.15, -0.1) is 0 Å². The number of anilines is 1. The van der Waals surface area contributed by atoms with Crippen LogP contribution >= 0.6 is 11.8 Å². The first-order valence-electron chi connectivity index (χ1n) is 6.11. The highest BCUT2D eigenvalue weighted by Crippen LogP contribution is 2.40. The van der Waals surface area contributed by atoms with Crippen molar-refractivity contribution in [2.45, 2.75) is 30.4 Å². The SMILES string of the molecule is COc1c(NCC2(SC)CCCC2)nc[nH]c1=O. The van der Waals surface area contributed by atoms with Gasteiger partial charge in [0.25, 0.3) is 5.56 Å². The molecule has 0 spiro atoms. The molecule has 1 aromatic rings. The summed E-state index contributed by atoms with van der Waals surface area (Å²) in [5.74, 6) is 0.785. The molecule has 100 valence electrons. The molecule has 0 radical (unpaired) electrons. The Bertz CT molecular complexity index is 455. The Balaban J connectivity index is 2.10. The molecule has 1 fully saturated rings. The van der Waals surface area contributed by atoms with Gasteiger partial charge in [-0.05, 0) is 19.1 Å². The van der Waals surface area contributed by atoms with E-state index in [1.807, 2.05) is 11.8 Å². The average Bonchev–Trinajstić information content (AvgIpc) is 2.86. The van der Waals surface area contributed by atoms with Crippen LogP contribution in [0.4, 0.5) is 5.82 Å². The molecule has 2 N–H and O–H groups in total. The topological polar surface area (TPSA) is 67.0 Å². The van der Waals surface area contributed by atoms with Crippen LogP contribution in [0.25, 0.3) is 0 Å². The number of hydrogen-bond acceptors (Lipinski definition) is 5. The van der Waals surface area contributed by atoms with Crippen LogP contribution in [0.1, 0.15) is 25.7 Å². The summed E-state index contributed by atoms with van der Waals surface area (Å²) in [6.07, 6.45) is 8.54. The highest BCUT2D eigenvalue weighted by Gasteiger charge is 2.33. The van der Waals surface area contributed by atoms with Gasteiger partial charge < -0.3 is 15.0 Å². The third-order valence-corrected chi connectivity index (χ3v) is 4.96. The number of H-pyrrole nitrogens is 1. The summed E-state index contributed by atoms with van der Waals surface area (Å²) in [5, 5.41) is 3.26. The molecule has 1 aromatic heterocycles. The molecule has 5 nitrogen and oxygen atoms in total. The molecule has 1 aliphatic carbocycles. The van der Waals surface area contributed by atoms with E-state index in [4.69, 9.17) is 4.74 Å². The molecule has 0 unspecified atom stereocenters. The smallest absolute Gasteiger partial charge is 0.295 e. The lowest BCUT2D eigenvalue weighted by atomic mass is 10.1. The highest BCUT2D eigenvalue weighted by atomic mass is 32.2. The van der Waals surface area contributed by atoms with E-state index in [1.54, 1.807) is 0 Å². The number of methoxy groups -OCH3 is 1. The fourth-order valence-electron chi connectivity index (χ4n) is 2.42. The second-order valence-corrected chi connectivity index (χ2v) is 5.84. The van der Waals surface area contributed by atoms with Crippen LogP contribution in [0, 0.1) is 0 Å². The Morgan fingerprint density at radius 1 is 1.56 bits per heavy atom. The standard InChI is InChI=1S/C12H19N3O2S/c1-17-9-10(14-8-15-11(9)16)13-7-12(18-2)5-3-4-6-12/h8H,3-7H2,1-2H3,(H2,13,14,15,16). The van der Waals surface area contributed by atoms with Crippen LogP contribution in [0.3, 0.4) is 0 Å².